The number of aryl methyl sites for hydroxylation is 2. The molecule has 144 valence electrons. The van der Waals surface area contributed by atoms with E-state index in [1.807, 2.05) is 0 Å². The van der Waals surface area contributed by atoms with E-state index in [9.17, 15) is 0 Å². The summed E-state index contributed by atoms with van der Waals surface area (Å²) in [5.74, 6) is 1.60. The van der Waals surface area contributed by atoms with Gasteiger partial charge in [0.2, 0.25) is 0 Å². The number of benzene rings is 2. The van der Waals surface area contributed by atoms with E-state index < -0.39 is 0 Å². The maximum atomic E-state index is 2.53. The van der Waals surface area contributed by atoms with E-state index in [-0.39, 0.29) is 0 Å². The maximum absolute atomic E-state index is 2.53. The van der Waals surface area contributed by atoms with Gasteiger partial charge in [0.1, 0.15) is 0 Å². The Balaban J connectivity index is 1.55. The normalized spacial score (nSPS) is 19.3. The van der Waals surface area contributed by atoms with Crippen molar-refractivity contribution >= 4 is 0 Å². The fourth-order valence-electron chi connectivity index (χ4n) is 5.54. The first-order chi connectivity index (χ1) is 13.2. The highest BCUT2D eigenvalue weighted by molar-refractivity contribution is 5.39. The van der Waals surface area contributed by atoms with E-state index in [0.717, 1.165) is 18.3 Å². The van der Waals surface area contributed by atoms with Crippen molar-refractivity contribution in [3.05, 3.63) is 69.8 Å². The maximum Gasteiger partial charge on any atom is -0.00256 e. The van der Waals surface area contributed by atoms with Crippen molar-refractivity contribution in [1.82, 2.24) is 0 Å². The number of hydrogen-bond acceptors (Lipinski definition) is 0. The first-order valence-corrected chi connectivity index (χ1v) is 11.4. The van der Waals surface area contributed by atoms with Crippen molar-refractivity contribution in [3.8, 4) is 0 Å². The predicted molar refractivity (Wildman–Crippen MR) is 117 cm³/mol. The number of hydrogen-bond donors (Lipinski definition) is 0. The molecule has 0 aliphatic heterocycles. The molecule has 2 aromatic rings. The van der Waals surface area contributed by atoms with Crippen molar-refractivity contribution in [2.45, 2.75) is 96.3 Å². The first kappa shape index (κ1) is 18.8. The molecule has 4 rings (SSSR count). The SMILES string of the molecule is Cc1ccc(Cc2ccc(C)c(C3CCCCC3)c2)cc1C1CCCCC1. The Morgan fingerprint density at radius 2 is 1.00 bits per heavy atom. The molecule has 0 aromatic heterocycles. The quantitative estimate of drug-likeness (QED) is 0.518. The fourth-order valence-corrected chi connectivity index (χ4v) is 5.54. The molecule has 0 saturated heterocycles. The van der Waals surface area contributed by atoms with Crippen LogP contribution in [0.5, 0.6) is 0 Å². The van der Waals surface area contributed by atoms with E-state index in [0.29, 0.717) is 0 Å². The molecular formula is C27H36. The Bertz CT molecular complexity index is 692. The molecule has 0 heterocycles. The summed E-state index contributed by atoms with van der Waals surface area (Å²) in [5, 5.41) is 0. The third-order valence-electron chi connectivity index (χ3n) is 7.19. The third-order valence-corrected chi connectivity index (χ3v) is 7.19. The highest BCUT2D eigenvalue weighted by Crippen LogP contribution is 2.36. The van der Waals surface area contributed by atoms with Crippen LogP contribution in [0.4, 0.5) is 0 Å². The molecule has 0 N–H and O–H groups in total. The molecule has 2 aliphatic carbocycles. The van der Waals surface area contributed by atoms with Crippen LogP contribution in [0, 0.1) is 13.8 Å². The van der Waals surface area contributed by atoms with E-state index in [2.05, 4.69) is 50.2 Å². The summed E-state index contributed by atoms with van der Waals surface area (Å²) in [6, 6.07) is 14.5. The van der Waals surface area contributed by atoms with E-state index >= 15 is 0 Å². The molecule has 2 fully saturated rings. The molecule has 2 aromatic carbocycles. The van der Waals surface area contributed by atoms with Gasteiger partial charge < -0.3 is 0 Å². The Labute approximate surface area is 166 Å². The van der Waals surface area contributed by atoms with Crippen molar-refractivity contribution in [2.75, 3.05) is 0 Å². The summed E-state index contributed by atoms with van der Waals surface area (Å²) < 4.78 is 0. The van der Waals surface area contributed by atoms with E-state index in [1.54, 1.807) is 11.1 Å². The van der Waals surface area contributed by atoms with Gasteiger partial charge in [0.25, 0.3) is 0 Å². The minimum Gasteiger partial charge on any atom is -0.0588 e. The van der Waals surface area contributed by atoms with Gasteiger partial charge in [0, 0.05) is 0 Å². The fraction of sp³-hybridized carbons (Fsp3) is 0.556. The van der Waals surface area contributed by atoms with Crippen LogP contribution in [0.25, 0.3) is 0 Å². The monoisotopic (exact) mass is 360 g/mol. The Morgan fingerprint density at radius 1 is 0.593 bits per heavy atom. The van der Waals surface area contributed by atoms with Crippen LogP contribution in [0.2, 0.25) is 0 Å². The van der Waals surface area contributed by atoms with Gasteiger partial charge in [0.15, 0.2) is 0 Å². The average Bonchev–Trinajstić information content (AvgIpc) is 2.72. The van der Waals surface area contributed by atoms with E-state index in [4.69, 9.17) is 0 Å². The Hall–Kier alpha value is -1.56. The van der Waals surface area contributed by atoms with E-state index in [1.165, 1.54) is 86.5 Å². The van der Waals surface area contributed by atoms with Crippen LogP contribution >= 0.6 is 0 Å². The van der Waals surface area contributed by atoms with Crippen molar-refractivity contribution in [1.29, 1.82) is 0 Å². The molecule has 2 saturated carbocycles. The van der Waals surface area contributed by atoms with Gasteiger partial charge in [-0.3, -0.25) is 0 Å². The largest absolute Gasteiger partial charge is 0.0588 e. The zero-order valence-corrected chi connectivity index (χ0v) is 17.4. The van der Waals surface area contributed by atoms with Crippen LogP contribution in [0.3, 0.4) is 0 Å². The molecule has 0 unspecified atom stereocenters. The smallest absolute Gasteiger partial charge is 0.00256 e. The second kappa shape index (κ2) is 8.63. The predicted octanol–water partition coefficient (Wildman–Crippen LogP) is 7.99. The van der Waals surface area contributed by atoms with Crippen LogP contribution in [0.1, 0.15) is 109 Å². The van der Waals surface area contributed by atoms with Crippen LogP contribution < -0.4 is 0 Å². The first-order valence-electron chi connectivity index (χ1n) is 11.4. The average molecular weight is 361 g/mol. The lowest BCUT2D eigenvalue weighted by atomic mass is 9.80. The van der Waals surface area contributed by atoms with Gasteiger partial charge in [-0.15, -0.1) is 0 Å². The molecule has 2 aliphatic rings. The molecular weight excluding hydrogens is 324 g/mol. The van der Waals surface area contributed by atoms with Gasteiger partial charge in [-0.25, -0.2) is 0 Å². The zero-order chi connectivity index (χ0) is 18.6. The molecule has 0 radical (unpaired) electrons. The summed E-state index contributed by atoms with van der Waals surface area (Å²) in [6.07, 6.45) is 15.2. The Kier molecular flexibility index (Phi) is 6.01. The van der Waals surface area contributed by atoms with Crippen molar-refractivity contribution in [2.24, 2.45) is 0 Å². The zero-order valence-electron chi connectivity index (χ0n) is 17.4. The summed E-state index contributed by atoms with van der Waals surface area (Å²) in [5.41, 5.74) is 9.26. The summed E-state index contributed by atoms with van der Waals surface area (Å²) in [4.78, 5) is 0. The third kappa shape index (κ3) is 4.48. The van der Waals surface area contributed by atoms with Gasteiger partial charge in [-0.05, 0) is 91.2 Å². The number of rotatable bonds is 4. The summed E-state index contributed by atoms with van der Waals surface area (Å²) >= 11 is 0. The van der Waals surface area contributed by atoms with Gasteiger partial charge in [-0.1, -0.05) is 74.9 Å². The molecule has 0 nitrogen and oxygen atoms in total. The van der Waals surface area contributed by atoms with Gasteiger partial charge in [0.05, 0.1) is 0 Å². The lowest BCUT2D eigenvalue weighted by Crippen LogP contribution is -2.08. The van der Waals surface area contributed by atoms with Gasteiger partial charge in [-0.2, -0.15) is 0 Å². The summed E-state index contributed by atoms with van der Waals surface area (Å²) in [7, 11) is 0. The minimum absolute atomic E-state index is 0.800. The minimum atomic E-state index is 0.800. The van der Waals surface area contributed by atoms with Crippen LogP contribution in [-0.2, 0) is 6.42 Å². The lowest BCUT2D eigenvalue weighted by Gasteiger charge is -2.25. The molecule has 0 bridgehead atoms. The lowest BCUT2D eigenvalue weighted by molar-refractivity contribution is 0.442. The van der Waals surface area contributed by atoms with Crippen molar-refractivity contribution < 1.29 is 0 Å². The highest BCUT2D eigenvalue weighted by atomic mass is 14.2. The topological polar surface area (TPSA) is 0 Å². The second-order valence-corrected chi connectivity index (χ2v) is 9.23. The second-order valence-electron chi connectivity index (χ2n) is 9.23. The highest BCUT2D eigenvalue weighted by Gasteiger charge is 2.19. The molecule has 27 heavy (non-hydrogen) atoms. The van der Waals surface area contributed by atoms with Crippen LogP contribution in [-0.4, -0.2) is 0 Å². The summed E-state index contributed by atoms with van der Waals surface area (Å²) in [6.45, 7) is 4.61. The van der Waals surface area contributed by atoms with Gasteiger partial charge >= 0.3 is 0 Å². The van der Waals surface area contributed by atoms with Crippen molar-refractivity contribution in [3.63, 3.8) is 0 Å². The standard InChI is InChI=1S/C27H36/c1-20-13-15-22(18-26(20)24-9-5-3-6-10-24)17-23-16-14-21(2)27(19-23)25-11-7-4-8-12-25/h13-16,18-19,24-25H,3-12,17H2,1-2H3. The molecule has 0 heteroatoms. The Morgan fingerprint density at radius 3 is 1.41 bits per heavy atom. The molecule has 0 amide bonds. The molecule has 0 spiro atoms. The van der Waals surface area contributed by atoms with Crippen LogP contribution in [0.15, 0.2) is 36.4 Å². The molecule has 0 atom stereocenters.